The molecule has 0 unspecified atom stereocenters. The summed E-state index contributed by atoms with van der Waals surface area (Å²) in [4.78, 5) is 14.9. The van der Waals surface area contributed by atoms with Gasteiger partial charge in [-0.3, -0.25) is 9.69 Å². The van der Waals surface area contributed by atoms with Crippen molar-refractivity contribution in [2.24, 2.45) is 0 Å². The fourth-order valence-corrected chi connectivity index (χ4v) is 2.92. The molecule has 5 heteroatoms. The molecular weight excluding hydrogens is 246 g/mol. The van der Waals surface area contributed by atoms with E-state index in [1.54, 1.807) is 11.8 Å². The first-order valence-corrected chi connectivity index (χ1v) is 7.10. The third kappa shape index (κ3) is 2.85. The summed E-state index contributed by atoms with van der Waals surface area (Å²) in [6.07, 6.45) is 0.982. The van der Waals surface area contributed by atoms with Crippen molar-refractivity contribution in [3.05, 3.63) is 23.8 Å². The van der Waals surface area contributed by atoms with Crippen molar-refractivity contribution in [3.8, 4) is 0 Å². The molecule has 1 aliphatic heterocycles. The third-order valence-electron chi connectivity index (χ3n) is 2.95. The predicted octanol–water partition coefficient (Wildman–Crippen LogP) is 1.06. The van der Waals surface area contributed by atoms with Crippen molar-refractivity contribution >= 4 is 23.4 Å². The summed E-state index contributed by atoms with van der Waals surface area (Å²) < 4.78 is 0. The Bertz CT molecular complexity index is 436. The van der Waals surface area contributed by atoms with E-state index in [4.69, 9.17) is 0 Å². The molecule has 0 aromatic heterocycles. The maximum Gasteiger partial charge on any atom is 0.238 e. The lowest BCUT2D eigenvalue weighted by molar-refractivity contribution is -0.116. The molecule has 1 aromatic rings. The van der Waals surface area contributed by atoms with Crippen LogP contribution in [0, 0.1) is 0 Å². The van der Waals surface area contributed by atoms with E-state index in [0.29, 0.717) is 12.4 Å². The van der Waals surface area contributed by atoms with Crippen LogP contribution in [0.2, 0.25) is 0 Å². The number of carbonyl (C=O) groups excluding carboxylic acids is 1. The quantitative estimate of drug-likeness (QED) is 0.836. The van der Waals surface area contributed by atoms with Crippen LogP contribution in [0.1, 0.15) is 5.56 Å². The fourth-order valence-electron chi connectivity index (χ4n) is 2.00. The second-order valence-electron chi connectivity index (χ2n) is 4.28. The summed E-state index contributed by atoms with van der Waals surface area (Å²) in [5.41, 5.74) is 2.30. The second kappa shape index (κ2) is 6.22. The van der Waals surface area contributed by atoms with Crippen LogP contribution < -0.4 is 15.5 Å². The molecular formula is C13H19N3OS. The lowest BCUT2D eigenvalue weighted by Gasteiger charge is -2.29. The molecule has 0 bridgehead atoms. The lowest BCUT2D eigenvalue weighted by Crippen LogP contribution is -2.41. The van der Waals surface area contributed by atoms with Gasteiger partial charge in [0.2, 0.25) is 5.91 Å². The van der Waals surface area contributed by atoms with Gasteiger partial charge in [0.15, 0.2) is 0 Å². The van der Waals surface area contributed by atoms with Crippen molar-refractivity contribution in [1.82, 2.24) is 10.6 Å². The van der Waals surface area contributed by atoms with Gasteiger partial charge in [-0.25, -0.2) is 0 Å². The average molecular weight is 265 g/mol. The highest BCUT2D eigenvalue weighted by atomic mass is 32.2. The smallest absolute Gasteiger partial charge is 0.238 e. The van der Waals surface area contributed by atoms with Gasteiger partial charge in [0.25, 0.3) is 0 Å². The van der Waals surface area contributed by atoms with Crippen molar-refractivity contribution in [2.75, 3.05) is 38.0 Å². The lowest BCUT2D eigenvalue weighted by atomic mass is 10.1. The first kappa shape index (κ1) is 13.4. The first-order valence-electron chi connectivity index (χ1n) is 6.11. The SMILES string of the molecule is CNCCc1ccc2c(c1)N(CNC)C(=O)CS2. The molecule has 4 nitrogen and oxygen atoms in total. The molecule has 2 rings (SSSR count). The molecule has 1 aromatic carbocycles. The Morgan fingerprint density at radius 3 is 2.89 bits per heavy atom. The highest BCUT2D eigenvalue weighted by Gasteiger charge is 2.24. The molecule has 0 spiro atoms. The van der Waals surface area contributed by atoms with E-state index >= 15 is 0 Å². The summed E-state index contributed by atoms with van der Waals surface area (Å²) >= 11 is 1.62. The average Bonchev–Trinajstić information content (AvgIpc) is 2.39. The van der Waals surface area contributed by atoms with Crippen LogP contribution in [0.4, 0.5) is 5.69 Å². The van der Waals surface area contributed by atoms with Crippen LogP contribution in [0.5, 0.6) is 0 Å². The van der Waals surface area contributed by atoms with Gasteiger partial charge < -0.3 is 10.6 Å². The highest BCUT2D eigenvalue weighted by molar-refractivity contribution is 8.00. The number of benzene rings is 1. The standard InChI is InChI=1S/C13H19N3OS/c1-14-6-5-10-3-4-12-11(7-10)16(9-15-2)13(17)8-18-12/h3-4,7,14-15H,5-6,8-9H2,1-2H3. The Balaban J connectivity index is 2.26. The molecule has 18 heavy (non-hydrogen) atoms. The van der Waals surface area contributed by atoms with Crippen molar-refractivity contribution < 1.29 is 4.79 Å². The number of thioether (sulfide) groups is 1. The van der Waals surface area contributed by atoms with E-state index in [-0.39, 0.29) is 5.91 Å². The van der Waals surface area contributed by atoms with Gasteiger partial charge in [-0.15, -0.1) is 11.8 Å². The largest absolute Gasteiger partial charge is 0.319 e. The van der Waals surface area contributed by atoms with Crippen LogP contribution in [0.3, 0.4) is 0 Å². The van der Waals surface area contributed by atoms with Gasteiger partial charge >= 0.3 is 0 Å². The molecule has 0 fully saturated rings. The molecule has 98 valence electrons. The summed E-state index contributed by atoms with van der Waals surface area (Å²) in [6, 6.07) is 6.41. The number of rotatable bonds is 5. The third-order valence-corrected chi connectivity index (χ3v) is 3.99. The van der Waals surface area contributed by atoms with Crippen LogP contribution in [0.15, 0.2) is 23.1 Å². The summed E-state index contributed by atoms with van der Waals surface area (Å²) in [5.74, 6) is 0.706. The van der Waals surface area contributed by atoms with Crippen LogP contribution in [-0.2, 0) is 11.2 Å². The summed E-state index contributed by atoms with van der Waals surface area (Å²) in [5, 5.41) is 6.20. The Labute approximate surface area is 112 Å². The van der Waals surface area contributed by atoms with Gasteiger partial charge in [-0.05, 0) is 44.8 Å². The Kier molecular flexibility index (Phi) is 4.63. The summed E-state index contributed by atoms with van der Waals surface area (Å²) in [6.45, 7) is 1.52. The molecule has 2 N–H and O–H groups in total. The van der Waals surface area contributed by atoms with Crippen LogP contribution in [0.25, 0.3) is 0 Å². The van der Waals surface area contributed by atoms with E-state index in [1.807, 2.05) is 19.0 Å². The monoisotopic (exact) mass is 265 g/mol. The van der Waals surface area contributed by atoms with Crippen LogP contribution >= 0.6 is 11.8 Å². The molecule has 1 aliphatic rings. The zero-order valence-corrected chi connectivity index (χ0v) is 11.6. The first-order chi connectivity index (χ1) is 8.76. The Morgan fingerprint density at radius 2 is 2.17 bits per heavy atom. The van der Waals surface area contributed by atoms with Gasteiger partial charge in [-0.1, -0.05) is 6.07 Å². The summed E-state index contributed by atoms with van der Waals surface area (Å²) in [7, 11) is 3.81. The highest BCUT2D eigenvalue weighted by Crippen LogP contribution is 2.35. The number of hydrogen-bond acceptors (Lipinski definition) is 4. The Morgan fingerprint density at radius 1 is 1.33 bits per heavy atom. The van der Waals surface area contributed by atoms with E-state index in [0.717, 1.165) is 18.7 Å². The van der Waals surface area contributed by atoms with E-state index in [2.05, 4.69) is 28.8 Å². The normalized spacial score (nSPS) is 14.8. The molecule has 0 radical (unpaired) electrons. The predicted molar refractivity (Wildman–Crippen MR) is 76.2 cm³/mol. The maximum absolute atomic E-state index is 11.9. The van der Waals surface area contributed by atoms with E-state index in [9.17, 15) is 4.79 Å². The number of amides is 1. The molecule has 0 aliphatic carbocycles. The molecule has 0 saturated heterocycles. The topological polar surface area (TPSA) is 44.4 Å². The van der Waals surface area contributed by atoms with Gasteiger partial charge in [0.05, 0.1) is 18.1 Å². The van der Waals surface area contributed by atoms with Gasteiger partial charge in [0, 0.05) is 4.90 Å². The van der Waals surface area contributed by atoms with Crippen molar-refractivity contribution in [3.63, 3.8) is 0 Å². The number of anilines is 1. The minimum atomic E-state index is 0.174. The second-order valence-corrected chi connectivity index (χ2v) is 5.29. The molecule has 1 heterocycles. The number of carbonyl (C=O) groups is 1. The van der Waals surface area contributed by atoms with Crippen molar-refractivity contribution in [2.45, 2.75) is 11.3 Å². The van der Waals surface area contributed by atoms with Gasteiger partial charge in [-0.2, -0.15) is 0 Å². The minimum absolute atomic E-state index is 0.174. The van der Waals surface area contributed by atoms with Gasteiger partial charge in [0.1, 0.15) is 0 Å². The van der Waals surface area contributed by atoms with Crippen molar-refractivity contribution in [1.29, 1.82) is 0 Å². The maximum atomic E-state index is 11.9. The number of nitrogens with zero attached hydrogens (tertiary/aromatic N) is 1. The zero-order chi connectivity index (χ0) is 13.0. The fraction of sp³-hybridized carbons (Fsp3) is 0.462. The zero-order valence-electron chi connectivity index (χ0n) is 10.8. The molecule has 1 amide bonds. The van der Waals surface area contributed by atoms with E-state index in [1.165, 1.54) is 10.5 Å². The number of nitrogens with one attached hydrogen (secondary N) is 2. The molecule has 0 saturated carbocycles. The van der Waals surface area contributed by atoms with E-state index < -0.39 is 0 Å². The number of fused-ring (bicyclic) bond motifs is 1. The molecule has 0 atom stereocenters. The number of likely N-dealkylation sites (N-methyl/N-ethyl adjacent to an activating group) is 1. The Hall–Kier alpha value is -1.04. The number of hydrogen-bond donors (Lipinski definition) is 2. The van der Waals surface area contributed by atoms with Crippen LogP contribution in [-0.4, -0.2) is 39.0 Å². The minimum Gasteiger partial charge on any atom is -0.319 e.